The first-order valence-corrected chi connectivity index (χ1v) is 6.45. The monoisotopic (exact) mass is 247 g/mol. The molecule has 2 atom stereocenters. The van der Waals surface area contributed by atoms with E-state index in [1.165, 1.54) is 0 Å². The van der Waals surface area contributed by atoms with Gasteiger partial charge in [-0.2, -0.15) is 0 Å². The highest BCUT2D eigenvalue weighted by atomic mass is 16.1. The Balaban J connectivity index is 2.13. The van der Waals surface area contributed by atoms with Gasteiger partial charge in [0.25, 0.3) is 5.91 Å². The number of rotatable bonds is 3. The van der Waals surface area contributed by atoms with E-state index in [2.05, 4.69) is 10.6 Å². The van der Waals surface area contributed by atoms with Crippen molar-refractivity contribution in [2.45, 2.75) is 38.3 Å². The van der Waals surface area contributed by atoms with Gasteiger partial charge in [0.1, 0.15) is 0 Å². The summed E-state index contributed by atoms with van der Waals surface area (Å²) < 4.78 is 0. The summed E-state index contributed by atoms with van der Waals surface area (Å²) in [6.07, 6.45) is 3.18. The third-order valence-electron chi connectivity index (χ3n) is 3.56. The lowest BCUT2D eigenvalue weighted by Crippen LogP contribution is -2.22. The Bertz CT molecular complexity index is 445. The van der Waals surface area contributed by atoms with E-state index >= 15 is 0 Å². The van der Waals surface area contributed by atoms with Crippen molar-refractivity contribution in [3.05, 3.63) is 29.3 Å². The second-order valence-electron chi connectivity index (χ2n) is 5.02. The topological polar surface area (TPSA) is 67.2 Å². The van der Waals surface area contributed by atoms with Gasteiger partial charge in [-0.15, -0.1) is 0 Å². The summed E-state index contributed by atoms with van der Waals surface area (Å²) in [5, 5.41) is 6.14. The second-order valence-corrected chi connectivity index (χ2v) is 5.02. The Kier molecular flexibility index (Phi) is 3.87. The molecule has 4 nitrogen and oxygen atoms in total. The molecule has 18 heavy (non-hydrogen) atoms. The van der Waals surface area contributed by atoms with Crippen LogP contribution >= 0.6 is 0 Å². The van der Waals surface area contributed by atoms with Crippen LogP contribution in [0.3, 0.4) is 0 Å². The molecule has 1 aliphatic carbocycles. The highest BCUT2D eigenvalue weighted by Crippen LogP contribution is 2.24. The van der Waals surface area contributed by atoms with E-state index < -0.39 is 0 Å². The number of carbonyl (C=O) groups is 1. The van der Waals surface area contributed by atoms with Gasteiger partial charge in [0.05, 0.1) is 0 Å². The molecule has 4 N–H and O–H groups in total. The van der Waals surface area contributed by atoms with E-state index in [1.807, 2.05) is 25.1 Å². The Morgan fingerprint density at radius 3 is 2.78 bits per heavy atom. The third-order valence-corrected chi connectivity index (χ3v) is 3.56. The van der Waals surface area contributed by atoms with E-state index in [0.29, 0.717) is 17.6 Å². The number of nitrogens with two attached hydrogens (primary N) is 1. The summed E-state index contributed by atoms with van der Waals surface area (Å²) in [7, 11) is 1.64. The number of nitrogens with one attached hydrogen (secondary N) is 2. The zero-order chi connectivity index (χ0) is 13.1. The maximum absolute atomic E-state index is 11.6. The zero-order valence-corrected chi connectivity index (χ0v) is 11.0. The Morgan fingerprint density at radius 1 is 1.39 bits per heavy atom. The fourth-order valence-electron chi connectivity index (χ4n) is 2.43. The highest BCUT2D eigenvalue weighted by molar-refractivity contribution is 5.95. The van der Waals surface area contributed by atoms with Crippen LogP contribution in [0.25, 0.3) is 0 Å². The molecule has 2 rings (SSSR count). The van der Waals surface area contributed by atoms with Crippen LogP contribution in [0.5, 0.6) is 0 Å². The van der Waals surface area contributed by atoms with Gasteiger partial charge >= 0.3 is 0 Å². The molecule has 0 aromatic heterocycles. The molecule has 2 unspecified atom stereocenters. The molecular formula is C14H21N3O. The van der Waals surface area contributed by atoms with Crippen molar-refractivity contribution in [2.75, 3.05) is 12.4 Å². The normalized spacial score (nSPS) is 22.8. The molecule has 0 aliphatic heterocycles. The standard InChI is InChI=1S/C14H21N3O/c1-9-3-4-10(14(18)16-2)7-13(9)17-12-6-5-11(15)8-12/h3-4,7,11-12,17H,5-6,8,15H2,1-2H3,(H,16,18). The summed E-state index contributed by atoms with van der Waals surface area (Å²) in [6, 6.07) is 6.48. The predicted octanol–water partition coefficient (Wildman–Crippen LogP) is 1.65. The van der Waals surface area contributed by atoms with Gasteiger partial charge in [-0.3, -0.25) is 4.79 Å². The first kappa shape index (κ1) is 12.9. The van der Waals surface area contributed by atoms with Crippen LogP contribution in [0.15, 0.2) is 18.2 Å². The number of aryl methyl sites for hydroxylation is 1. The van der Waals surface area contributed by atoms with Crippen LogP contribution in [-0.2, 0) is 0 Å². The summed E-state index contributed by atoms with van der Waals surface area (Å²) in [4.78, 5) is 11.6. The minimum absolute atomic E-state index is 0.0545. The molecule has 0 spiro atoms. The van der Waals surface area contributed by atoms with Gasteiger partial charge in [-0.1, -0.05) is 6.07 Å². The summed E-state index contributed by atoms with van der Waals surface area (Å²) in [6.45, 7) is 2.05. The van der Waals surface area contributed by atoms with E-state index in [1.54, 1.807) is 7.05 Å². The fourth-order valence-corrected chi connectivity index (χ4v) is 2.43. The average molecular weight is 247 g/mol. The van der Waals surface area contributed by atoms with E-state index in [-0.39, 0.29) is 5.91 Å². The molecule has 1 amide bonds. The molecule has 0 radical (unpaired) electrons. The molecule has 4 heteroatoms. The number of carbonyl (C=O) groups excluding carboxylic acids is 1. The van der Waals surface area contributed by atoms with Crippen LogP contribution in [0, 0.1) is 6.92 Å². The molecule has 1 saturated carbocycles. The molecule has 1 aromatic rings. The van der Waals surface area contributed by atoms with Crippen molar-refractivity contribution in [3.8, 4) is 0 Å². The molecular weight excluding hydrogens is 226 g/mol. The van der Waals surface area contributed by atoms with Crippen molar-refractivity contribution < 1.29 is 4.79 Å². The first-order valence-electron chi connectivity index (χ1n) is 6.45. The fraction of sp³-hybridized carbons (Fsp3) is 0.500. The zero-order valence-electron chi connectivity index (χ0n) is 11.0. The second kappa shape index (κ2) is 5.40. The van der Waals surface area contributed by atoms with Gasteiger partial charge in [-0.05, 0) is 43.9 Å². The Labute approximate surface area is 108 Å². The quantitative estimate of drug-likeness (QED) is 0.760. The largest absolute Gasteiger partial charge is 0.382 e. The number of hydrogen-bond acceptors (Lipinski definition) is 3. The summed E-state index contributed by atoms with van der Waals surface area (Å²) in [5.74, 6) is -0.0545. The molecule has 0 bridgehead atoms. The van der Waals surface area contributed by atoms with Crippen LogP contribution < -0.4 is 16.4 Å². The molecule has 98 valence electrons. The van der Waals surface area contributed by atoms with Gasteiger partial charge in [0.15, 0.2) is 0 Å². The maximum atomic E-state index is 11.6. The lowest BCUT2D eigenvalue weighted by Gasteiger charge is -2.17. The van der Waals surface area contributed by atoms with Gasteiger partial charge in [-0.25, -0.2) is 0 Å². The molecule has 1 aromatic carbocycles. The van der Waals surface area contributed by atoms with Gasteiger partial charge < -0.3 is 16.4 Å². The minimum Gasteiger partial charge on any atom is -0.382 e. The Morgan fingerprint density at radius 2 is 2.17 bits per heavy atom. The van der Waals surface area contributed by atoms with E-state index in [0.717, 1.165) is 30.5 Å². The van der Waals surface area contributed by atoms with Crippen molar-refractivity contribution in [3.63, 3.8) is 0 Å². The Hall–Kier alpha value is -1.55. The van der Waals surface area contributed by atoms with Crippen LogP contribution in [0.4, 0.5) is 5.69 Å². The predicted molar refractivity (Wildman–Crippen MR) is 73.8 cm³/mol. The van der Waals surface area contributed by atoms with E-state index in [4.69, 9.17) is 5.73 Å². The van der Waals surface area contributed by atoms with E-state index in [9.17, 15) is 4.79 Å². The lowest BCUT2D eigenvalue weighted by molar-refractivity contribution is 0.0963. The van der Waals surface area contributed by atoms with Crippen LogP contribution in [0.2, 0.25) is 0 Å². The van der Waals surface area contributed by atoms with Crippen molar-refractivity contribution in [1.82, 2.24) is 5.32 Å². The SMILES string of the molecule is CNC(=O)c1ccc(C)c(NC2CCC(N)C2)c1. The maximum Gasteiger partial charge on any atom is 0.251 e. The highest BCUT2D eigenvalue weighted by Gasteiger charge is 2.22. The molecule has 1 fully saturated rings. The summed E-state index contributed by atoms with van der Waals surface area (Å²) in [5.41, 5.74) is 8.79. The molecule has 1 aliphatic rings. The van der Waals surface area contributed by atoms with Crippen LogP contribution in [0.1, 0.15) is 35.2 Å². The molecule has 0 saturated heterocycles. The minimum atomic E-state index is -0.0545. The third kappa shape index (κ3) is 2.82. The first-order chi connectivity index (χ1) is 8.60. The number of anilines is 1. The number of amides is 1. The molecule has 0 heterocycles. The number of hydrogen-bond donors (Lipinski definition) is 3. The van der Waals surface area contributed by atoms with Gasteiger partial charge in [0, 0.05) is 30.4 Å². The average Bonchev–Trinajstić information content (AvgIpc) is 2.76. The van der Waals surface area contributed by atoms with Crippen molar-refractivity contribution >= 4 is 11.6 Å². The lowest BCUT2D eigenvalue weighted by atomic mass is 10.1. The van der Waals surface area contributed by atoms with Crippen LogP contribution in [-0.4, -0.2) is 25.0 Å². The van der Waals surface area contributed by atoms with Gasteiger partial charge in [0.2, 0.25) is 0 Å². The van der Waals surface area contributed by atoms with Crippen molar-refractivity contribution in [2.24, 2.45) is 5.73 Å². The summed E-state index contributed by atoms with van der Waals surface area (Å²) >= 11 is 0. The number of benzene rings is 1. The smallest absolute Gasteiger partial charge is 0.251 e. The van der Waals surface area contributed by atoms with Crippen molar-refractivity contribution in [1.29, 1.82) is 0 Å².